The third-order valence-electron chi connectivity index (χ3n) is 12.1. The van der Waals surface area contributed by atoms with Crippen molar-refractivity contribution in [3.63, 3.8) is 0 Å². The van der Waals surface area contributed by atoms with Crippen molar-refractivity contribution in [3.05, 3.63) is 95.1 Å². The molecule has 2 fully saturated rings. The Hall–Kier alpha value is -2.82. The van der Waals surface area contributed by atoms with Crippen molar-refractivity contribution < 1.29 is 19.1 Å². The first-order valence-corrected chi connectivity index (χ1v) is 17.7. The molecule has 3 aliphatic rings. The predicted molar refractivity (Wildman–Crippen MR) is 186 cm³/mol. The van der Waals surface area contributed by atoms with E-state index in [1.54, 1.807) is 0 Å². The number of Topliss-reactive ketones (excluding diaryl/α,β-unsaturated/α-hetero) is 1. The van der Waals surface area contributed by atoms with Gasteiger partial charge in [0.1, 0.15) is 5.78 Å². The van der Waals surface area contributed by atoms with Crippen LogP contribution in [0.2, 0.25) is 0 Å². The molecule has 0 heterocycles. The minimum Gasteiger partial charge on any atom is -0.373 e. The number of fused-ring (bicyclic) bond motifs is 3. The highest BCUT2D eigenvalue weighted by atomic mass is 16.5. The molecule has 0 radical (unpaired) electrons. The zero-order valence-corrected chi connectivity index (χ0v) is 29.1. The van der Waals surface area contributed by atoms with Gasteiger partial charge in [0.25, 0.3) is 0 Å². The molecule has 0 unspecified atom stereocenters. The Balaban J connectivity index is 1.12. The molecule has 4 nitrogen and oxygen atoms in total. The molecular weight excluding hydrogens is 568 g/mol. The van der Waals surface area contributed by atoms with E-state index in [9.17, 15) is 9.59 Å². The molecule has 6 atom stereocenters. The summed E-state index contributed by atoms with van der Waals surface area (Å²) in [5.74, 6) is 1.22. The summed E-state index contributed by atoms with van der Waals surface area (Å²) in [7, 11) is 0. The number of ether oxygens (including phenoxy) is 2. The third-order valence-corrected chi connectivity index (χ3v) is 12.1. The van der Waals surface area contributed by atoms with Crippen LogP contribution in [0.5, 0.6) is 0 Å². The summed E-state index contributed by atoms with van der Waals surface area (Å²) in [4.78, 5) is 27.0. The highest BCUT2D eigenvalue weighted by Crippen LogP contribution is 2.66. The highest BCUT2D eigenvalue weighted by Gasteiger charge is 2.61. The Morgan fingerprint density at radius 2 is 1.59 bits per heavy atom. The average molecular weight is 625 g/mol. The van der Waals surface area contributed by atoms with Gasteiger partial charge in [-0.3, -0.25) is 9.59 Å². The number of carbonyl (C=O) groups is 2. The monoisotopic (exact) mass is 624 g/mol. The fourth-order valence-corrected chi connectivity index (χ4v) is 9.05. The van der Waals surface area contributed by atoms with Gasteiger partial charge in [-0.25, -0.2) is 0 Å². The lowest BCUT2D eigenvalue weighted by Crippen LogP contribution is -2.54. The molecule has 5 rings (SSSR count). The number of rotatable bonds is 14. The normalized spacial score (nSPS) is 29.5. The summed E-state index contributed by atoms with van der Waals surface area (Å²) in [5, 5.41) is 0. The molecule has 248 valence electrons. The molecular formula is C42H56O4. The van der Waals surface area contributed by atoms with Crippen LogP contribution in [0, 0.1) is 34.0 Å². The number of carbonyl (C=O) groups excluding carboxylic acids is 2. The molecule has 2 aromatic rings. The minimum absolute atomic E-state index is 0.00124. The van der Waals surface area contributed by atoms with E-state index in [0.29, 0.717) is 38.6 Å². The van der Waals surface area contributed by atoms with Crippen molar-refractivity contribution >= 4 is 11.6 Å². The van der Waals surface area contributed by atoms with E-state index in [1.807, 2.05) is 37.3 Å². The smallest absolute Gasteiger partial charge is 0.162 e. The second kappa shape index (κ2) is 14.5. The van der Waals surface area contributed by atoms with Crippen LogP contribution in [0.4, 0.5) is 0 Å². The molecule has 0 bridgehead atoms. The van der Waals surface area contributed by atoms with E-state index in [4.69, 9.17) is 9.47 Å². The average Bonchev–Trinajstić information content (AvgIpc) is 3.30. The first-order chi connectivity index (χ1) is 21.9. The van der Waals surface area contributed by atoms with Crippen LogP contribution in [0.25, 0.3) is 0 Å². The predicted octanol–water partition coefficient (Wildman–Crippen LogP) is 9.87. The Morgan fingerprint density at radius 1 is 0.935 bits per heavy atom. The zero-order valence-electron chi connectivity index (χ0n) is 29.1. The number of ketones is 2. The van der Waals surface area contributed by atoms with E-state index >= 15 is 0 Å². The molecule has 4 heteroatoms. The maximum atomic E-state index is 13.7. The van der Waals surface area contributed by atoms with Gasteiger partial charge in [0.2, 0.25) is 0 Å². The Morgan fingerprint density at radius 3 is 2.26 bits per heavy atom. The second-order valence-electron chi connectivity index (χ2n) is 15.6. The van der Waals surface area contributed by atoms with Gasteiger partial charge in [-0.1, -0.05) is 113 Å². The van der Waals surface area contributed by atoms with Gasteiger partial charge in [-0.05, 0) is 91.7 Å². The second-order valence-corrected chi connectivity index (χ2v) is 15.6. The van der Waals surface area contributed by atoms with Crippen LogP contribution >= 0.6 is 0 Å². The van der Waals surface area contributed by atoms with Crippen molar-refractivity contribution in [1.82, 2.24) is 0 Å². The fraction of sp³-hybridized carbons (Fsp3) is 0.571. The molecule has 0 spiro atoms. The number of benzene rings is 2. The van der Waals surface area contributed by atoms with Gasteiger partial charge < -0.3 is 9.47 Å². The maximum absolute atomic E-state index is 13.7. The van der Waals surface area contributed by atoms with Crippen LogP contribution in [0.15, 0.2) is 84.0 Å². The fourth-order valence-electron chi connectivity index (χ4n) is 9.05. The van der Waals surface area contributed by atoms with Crippen molar-refractivity contribution in [3.8, 4) is 0 Å². The summed E-state index contributed by atoms with van der Waals surface area (Å²) in [6, 6.07) is 20.7. The molecule has 0 amide bonds. The van der Waals surface area contributed by atoms with Crippen LogP contribution in [-0.2, 0) is 32.3 Å². The van der Waals surface area contributed by atoms with E-state index in [0.717, 1.165) is 38.5 Å². The first kappa shape index (κ1) is 34.5. The van der Waals surface area contributed by atoms with Gasteiger partial charge in [0.05, 0.1) is 25.9 Å². The summed E-state index contributed by atoms with van der Waals surface area (Å²) < 4.78 is 12.4. The summed E-state index contributed by atoms with van der Waals surface area (Å²) in [5.41, 5.74) is 4.49. The third kappa shape index (κ3) is 7.34. The SMILES string of the molecule is C/C(=C/CC[C@@H](C)C(=O)CC[C@]1(C)C(=O)C=C2[C@H]1CC[C@H]1C(C)(C)[C@@H](OCc3ccccc3)CC[C@]21C)COCc1ccccc1. The van der Waals surface area contributed by atoms with Crippen molar-refractivity contribution in [1.29, 1.82) is 0 Å². The molecule has 0 N–H and O–H groups in total. The van der Waals surface area contributed by atoms with Gasteiger partial charge >= 0.3 is 0 Å². The lowest BCUT2D eigenvalue weighted by Gasteiger charge is -2.59. The Kier molecular flexibility index (Phi) is 10.9. The molecule has 46 heavy (non-hydrogen) atoms. The van der Waals surface area contributed by atoms with E-state index < -0.39 is 5.41 Å². The lowest BCUT2D eigenvalue weighted by molar-refractivity contribution is -0.139. The van der Waals surface area contributed by atoms with Crippen LogP contribution in [0.1, 0.15) is 104 Å². The van der Waals surface area contributed by atoms with Crippen LogP contribution in [-0.4, -0.2) is 24.3 Å². The zero-order chi connectivity index (χ0) is 33.0. The minimum atomic E-state index is -0.476. The van der Waals surface area contributed by atoms with Crippen molar-refractivity contribution in [2.45, 2.75) is 112 Å². The van der Waals surface area contributed by atoms with Gasteiger partial charge in [-0.15, -0.1) is 0 Å². The van der Waals surface area contributed by atoms with E-state index in [2.05, 4.69) is 77.1 Å². The quantitative estimate of drug-likeness (QED) is 0.196. The van der Waals surface area contributed by atoms with Gasteiger partial charge in [0, 0.05) is 17.8 Å². The van der Waals surface area contributed by atoms with Crippen LogP contribution < -0.4 is 0 Å². The number of hydrogen-bond acceptors (Lipinski definition) is 4. The summed E-state index contributed by atoms with van der Waals surface area (Å²) in [6.45, 7) is 15.3. The lowest BCUT2D eigenvalue weighted by atomic mass is 9.46. The molecule has 0 saturated heterocycles. The topological polar surface area (TPSA) is 52.6 Å². The first-order valence-electron chi connectivity index (χ1n) is 17.7. The summed E-state index contributed by atoms with van der Waals surface area (Å²) in [6.07, 6.45) is 11.4. The van der Waals surface area contributed by atoms with Gasteiger partial charge in [-0.2, -0.15) is 0 Å². The van der Waals surface area contributed by atoms with Crippen molar-refractivity contribution in [2.75, 3.05) is 6.61 Å². The van der Waals surface area contributed by atoms with Crippen molar-refractivity contribution in [2.24, 2.45) is 34.0 Å². The van der Waals surface area contributed by atoms with Gasteiger partial charge in [0.15, 0.2) is 5.78 Å². The van der Waals surface area contributed by atoms with Crippen LogP contribution in [0.3, 0.4) is 0 Å². The maximum Gasteiger partial charge on any atom is 0.162 e. The number of hydrogen-bond donors (Lipinski definition) is 0. The highest BCUT2D eigenvalue weighted by molar-refractivity contribution is 5.99. The number of allylic oxidation sites excluding steroid dienone is 3. The Labute approximate surface area is 278 Å². The van der Waals surface area contributed by atoms with E-state index in [-0.39, 0.29) is 40.3 Å². The molecule has 2 saturated carbocycles. The molecule has 0 aliphatic heterocycles. The molecule has 0 aromatic heterocycles. The Bertz CT molecular complexity index is 1410. The largest absolute Gasteiger partial charge is 0.373 e. The molecule has 3 aliphatic carbocycles. The molecule has 2 aromatic carbocycles. The standard InChI is InChI=1S/C42H56O4/c1-30(27-45-28-32-16-9-7-10-17-32)14-13-15-31(2)36(43)22-24-42(6)34-20-21-37-40(3,4)39(46-29-33-18-11-8-12-19-33)23-25-41(37,5)35(34)26-38(42)44/h7-12,14,16-19,26,31,34,37,39H,13,15,20-25,27-29H2,1-6H3/b30-14-/t31-,34-,37+,39+,41-,42+/m1/s1. The van der Waals surface area contributed by atoms with E-state index in [1.165, 1.54) is 22.3 Å². The summed E-state index contributed by atoms with van der Waals surface area (Å²) >= 11 is 0.